The highest BCUT2D eigenvalue weighted by Gasteiger charge is 2.72. The topological polar surface area (TPSA) is 218 Å². The van der Waals surface area contributed by atoms with Crippen LogP contribution in [0.5, 0.6) is 0 Å². The molecule has 0 aromatic rings. The zero-order chi connectivity index (χ0) is 44.1. The average molecular weight is 848 g/mol. The first-order valence-corrected chi connectivity index (χ1v) is 20.5. The summed E-state index contributed by atoms with van der Waals surface area (Å²) in [5.74, 6) is -1.99. The maximum Gasteiger partial charge on any atom is 0.439 e. The first kappa shape index (κ1) is 50.6. The van der Waals surface area contributed by atoms with E-state index in [4.69, 9.17) is 28.7 Å². The lowest BCUT2D eigenvalue weighted by molar-refractivity contribution is -0.862. The van der Waals surface area contributed by atoms with Gasteiger partial charge in [0.05, 0.1) is 0 Å². The minimum atomic E-state index is -2.56. The number of esters is 2. The highest BCUT2D eigenvalue weighted by molar-refractivity contribution is 6.06. The molecule has 2 saturated heterocycles. The van der Waals surface area contributed by atoms with Crippen molar-refractivity contribution in [3.63, 3.8) is 0 Å². The number of hydrogen-bond donors (Lipinski definition) is 2. The summed E-state index contributed by atoms with van der Waals surface area (Å²) in [4.78, 5) is 113. The number of ether oxygens (including phenoxy) is 4. The Kier molecular flexibility index (Phi) is 24.3. The number of quaternary nitrogens is 1. The van der Waals surface area contributed by atoms with Gasteiger partial charge in [0.15, 0.2) is 0 Å². The van der Waals surface area contributed by atoms with Crippen LogP contribution in [-0.2, 0) is 38.3 Å². The SMILES string of the molecule is C=CCOOC=NCCCCCCN1C(=O)N(CCCCCCNC(=O)OCC=C)C(=O)[N+]2(CCCCCCNC(=O)OC2(CC(=O)OCC=C)CC(=O)OCC=C)C1=O. The molecule has 0 aromatic carbocycles. The lowest BCUT2D eigenvalue weighted by atomic mass is 9.97. The second-order valence-corrected chi connectivity index (χ2v) is 14.0. The molecule has 19 heteroatoms. The van der Waals surface area contributed by atoms with E-state index in [9.17, 15) is 24.0 Å². The molecule has 2 heterocycles. The number of nitrogens with zero attached hydrogens (tertiary/aromatic N) is 4. The van der Waals surface area contributed by atoms with E-state index in [1.165, 1.54) is 30.7 Å². The lowest BCUT2D eigenvalue weighted by Gasteiger charge is -2.51. The zero-order valence-corrected chi connectivity index (χ0v) is 34.8. The normalized spacial score (nSPS) is 18.1. The van der Waals surface area contributed by atoms with E-state index in [0.29, 0.717) is 83.7 Å². The Morgan fingerprint density at radius 2 is 1.28 bits per heavy atom. The quantitative estimate of drug-likeness (QED) is 0.0103. The second-order valence-electron chi connectivity index (χ2n) is 14.0. The average Bonchev–Trinajstić information content (AvgIpc) is 3.25. The molecular formula is C41H63N6O13+. The molecule has 2 aliphatic heterocycles. The summed E-state index contributed by atoms with van der Waals surface area (Å²) >= 11 is 0. The van der Waals surface area contributed by atoms with Crippen LogP contribution in [0, 0.1) is 0 Å². The van der Waals surface area contributed by atoms with E-state index in [0.717, 1.165) is 9.80 Å². The van der Waals surface area contributed by atoms with Crippen LogP contribution in [0.4, 0.5) is 24.0 Å². The monoisotopic (exact) mass is 847 g/mol. The van der Waals surface area contributed by atoms with Gasteiger partial charge in [0.2, 0.25) is 6.40 Å². The molecule has 2 fully saturated rings. The van der Waals surface area contributed by atoms with E-state index < -0.39 is 65.3 Å². The third-order valence-corrected chi connectivity index (χ3v) is 9.51. The highest BCUT2D eigenvalue weighted by atomic mass is 17.2. The fourth-order valence-corrected chi connectivity index (χ4v) is 6.65. The summed E-state index contributed by atoms with van der Waals surface area (Å²) < 4.78 is 20.2. The number of rotatable bonds is 28. The summed E-state index contributed by atoms with van der Waals surface area (Å²) in [5, 5.41) is 5.25. The molecule has 0 radical (unpaired) electrons. The highest BCUT2D eigenvalue weighted by Crippen LogP contribution is 2.42. The number of hydrogen-bond acceptors (Lipinski definition) is 14. The number of urea groups is 3. The molecule has 1 atom stereocenters. The largest absolute Gasteiger partial charge is 0.461 e. The predicted molar refractivity (Wildman–Crippen MR) is 219 cm³/mol. The number of carbonyl (C=O) groups is 7. The van der Waals surface area contributed by atoms with Gasteiger partial charge in [0.1, 0.15) is 45.8 Å². The lowest BCUT2D eigenvalue weighted by Crippen LogP contribution is -2.82. The van der Waals surface area contributed by atoms with Crippen molar-refractivity contribution in [2.45, 2.75) is 95.6 Å². The molecule has 334 valence electrons. The van der Waals surface area contributed by atoms with Crippen molar-refractivity contribution >= 4 is 48.6 Å². The molecular weight excluding hydrogens is 784 g/mol. The van der Waals surface area contributed by atoms with Crippen molar-refractivity contribution in [3.8, 4) is 0 Å². The minimum Gasteiger partial charge on any atom is -0.461 e. The van der Waals surface area contributed by atoms with Gasteiger partial charge in [0.25, 0.3) is 5.72 Å². The summed E-state index contributed by atoms with van der Waals surface area (Å²) in [6.45, 7) is 14.3. The van der Waals surface area contributed by atoms with Gasteiger partial charge in [-0.3, -0.25) is 14.6 Å². The molecule has 8 amide bonds. The fraction of sp³-hybridized carbons (Fsp3) is 0.610. The number of amides is 8. The van der Waals surface area contributed by atoms with Crippen LogP contribution in [0.15, 0.2) is 55.6 Å². The van der Waals surface area contributed by atoms with Crippen LogP contribution in [-0.4, -0.2) is 134 Å². The molecule has 2 aliphatic rings. The van der Waals surface area contributed by atoms with Crippen LogP contribution >= 0.6 is 0 Å². The molecule has 0 bridgehead atoms. The van der Waals surface area contributed by atoms with Gasteiger partial charge in [-0.15, -0.1) is 11.1 Å². The first-order valence-electron chi connectivity index (χ1n) is 20.5. The van der Waals surface area contributed by atoms with Crippen LogP contribution in [0.25, 0.3) is 0 Å². The van der Waals surface area contributed by atoms with E-state index in [1.807, 2.05) is 0 Å². The summed E-state index contributed by atoms with van der Waals surface area (Å²) in [6.07, 6.45) is 9.40. The predicted octanol–water partition coefficient (Wildman–Crippen LogP) is 6.21. The molecule has 1 unspecified atom stereocenters. The fourth-order valence-electron chi connectivity index (χ4n) is 6.65. The molecule has 0 aliphatic carbocycles. The van der Waals surface area contributed by atoms with Gasteiger partial charge >= 0.3 is 42.2 Å². The van der Waals surface area contributed by atoms with E-state index in [1.54, 1.807) is 0 Å². The van der Waals surface area contributed by atoms with Crippen molar-refractivity contribution in [2.75, 3.05) is 65.7 Å². The third kappa shape index (κ3) is 16.2. The van der Waals surface area contributed by atoms with Crippen molar-refractivity contribution in [1.82, 2.24) is 20.4 Å². The molecule has 1 spiro atoms. The Morgan fingerprint density at radius 1 is 0.733 bits per heavy atom. The van der Waals surface area contributed by atoms with Gasteiger partial charge in [-0.1, -0.05) is 76.1 Å². The van der Waals surface area contributed by atoms with Crippen molar-refractivity contribution in [2.24, 2.45) is 4.99 Å². The Labute approximate surface area is 352 Å². The van der Waals surface area contributed by atoms with Gasteiger partial charge in [-0.2, -0.15) is 4.89 Å². The van der Waals surface area contributed by atoms with Gasteiger partial charge in [0, 0.05) is 32.7 Å². The zero-order valence-electron chi connectivity index (χ0n) is 34.8. The molecule has 0 aromatic heterocycles. The van der Waals surface area contributed by atoms with E-state index in [-0.39, 0.29) is 59.0 Å². The second kappa shape index (κ2) is 28.8. The van der Waals surface area contributed by atoms with Gasteiger partial charge in [-0.05, 0) is 44.9 Å². The maximum atomic E-state index is 15.2. The molecule has 2 N–H and O–H groups in total. The van der Waals surface area contributed by atoms with Crippen LogP contribution < -0.4 is 10.6 Å². The Hall–Kier alpha value is -5.56. The molecule has 0 saturated carbocycles. The standard InChI is InChI=1S/C41H62N6O13/c1-5-27-55-34(48)31-41(32-35(49)56-28-6-2)47(26-20-14-11-17-23-44-37(51)60-41)39(53)45(24-18-12-9-15-21-42-33-59-58-30-8-4)38(52)46(40(47)54)25-19-13-10-16-22-43-36(50)57-29-7-3/h5-8,33H,1-4,9-32H2,(H-,43,44,50,51)/p+1. The van der Waals surface area contributed by atoms with Crippen LogP contribution in [0.2, 0.25) is 0 Å². The first-order chi connectivity index (χ1) is 29.0. The smallest absolute Gasteiger partial charge is 0.439 e. The number of imide groups is 3. The van der Waals surface area contributed by atoms with Crippen LogP contribution in [0.3, 0.4) is 0 Å². The van der Waals surface area contributed by atoms with Gasteiger partial charge < -0.3 is 34.5 Å². The summed E-state index contributed by atoms with van der Waals surface area (Å²) in [5.41, 5.74) is -2.56. The number of aliphatic imine (C=N–C) groups is 1. The Morgan fingerprint density at radius 3 is 1.88 bits per heavy atom. The molecule has 19 nitrogen and oxygen atoms in total. The van der Waals surface area contributed by atoms with E-state index >= 15 is 9.59 Å². The number of unbranched alkanes of at least 4 members (excludes halogenated alkanes) is 6. The van der Waals surface area contributed by atoms with Crippen LogP contribution in [0.1, 0.15) is 89.9 Å². The summed E-state index contributed by atoms with van der Waals surface area (Å²) in [7, 11) is 0. The molecule has 60 heavy (non-hydrogen) atoms. The van der Waals surface area contributed by atoms with Crippen molar-refractivity contribution < 1.29 is 66.8 Å². The number of nitrogens with one attached hydrogen (secondary N) is 2. The third-order valence-electron chi connectivity index (χ3n) is 9.51. The Balaban J connectivity index is 2.57. The number of alkyl carbamates (subject to hydrolysis) is 2. The number of cyclic esters (lactones) is 1. The maximum absolute atomic E-state index is 15.2. The summed E-state index contributed by atoms with van der Waals surface area (Å²) in [6, 6.07) is -2.97. The van der Waals surface area contributed by atoms with Gasteiger partial charge in [-0.25, -0.2) is 33.8 Å². The minimum absolute atomic E-state index is 0.0737. The molecule has 2 rings (SSSR count). The van der Waals surface area contributed by atoms with E-state index in [2.05, 4.69) is 41.9 Å². The van der Waals surface area contributed by atoms with Crippen molar-refractivity contribution in [3.05, 3.63) is 50.6 Å². The Bertz CT molecular complexity index is 1480. The number of carbonyl (C=O) groups excluding carboxylic acids is 7. The van der Waals surface area contributed by atoms with Crippen molar-refractivity contribution in [1.29, 1.82) is 0 Å².